The van der Waals surface area contributed by atoms with Crippen LogP contribution in [-0.2, 0) is 0 Å². The molecule has 0 aliphatic carbocycles. The second-order valence-electron chi connectivity index (χ2n) is 6.03. The molecule has 126 valence electrons. The van der Waals surface area contributed by atoms with Crippen LogP contribution in [-0.4, -0.2) is 49.5 Å². The Bertz CT molecular complexity index is 735. The number of halogens is 1. The second-order valence-corrected chi connectivity index (χ2v) is 6.47. The van der Waals surface area contributed by atoms with Crippen LogP contribution >= 0.6 is 11.6 Å². The number of methoxy groups -OCH3 is 1. The number of rotatable bonds is 3. The van der Waals surface area contributed by atoms with Gasteiger partial charge in [0.2, 0.25) is 0 Å². The number of benzene rings is 2. The predicted molar refractivity (Wildman–Crippen MR) is 95.7 cm³/mol. The normalized spacial score (nSPS) is 18.5. The van der Waals surface area contributed by atoms with Gasteiger partial charge < -0.3 is 9.64 Å². The Morgan fingerprint density at radius 1 is 1.17 bits per heavy atom. The van der Waals surface area contributed by atoms with E-state index in [9.17, 15) is 4.79 Å². The number of piperazine rings is 1. The highest BCUT2D eigenvalue weighted by molar-refractivity contribution is 6.30. The summed E-state index contributed by atoms with van der Waals surface area (Å²) >= 11 is 6.02. The maximum absolute atomic E-state index is 12.8. The lowest BCUT2D eigenvalue weighted by molar-refractivity contribution is 0.0546. The van der Waals surface area contributed by atoms with Crippen LogP contribution in [0.5, 0.6) is 5.75 Å². The van der Waals surface area contributed by atoms with Gasteiger partial charge in [-0.25, -0.2) is 0 Å². The molecule has 2 aromatic carbocycles. The molecule has 0 radical (unpaired) electrons. The molecular formula is C19H21ClN2O2. The van der Waals surface area contributed by atoms with Gasteiger partial charge in [-0.2, -0.15) is 0 Å². The van der Waals surface area contributed by atoms with Crippen molar-refractivity contribution in [2.45, 2.75) is 6.04 Å². The molecule has 1 aliphatic rings. The van der Waals surface area contributed by atoms with Crippen molar-refractivity contribution in [3.63, 3.8) is 0 Å². The summed E-state index contributed by atoms with van der Waals surface area (Å²) < 4.78 is 5.32. The van der Waals surface area contributed by atoms with Gasteiger partial charge in [0, 0.05) is 30.2 Å². The molecule has 5 heteroatoms. The topological polar surface area (TPSA) is 32.8 Å². The molecule has 0 bridgehead atoms. The van der Waals surface area contributed by atoms with E-state index >= 15 is 0 Å². The lowest BCUT2D eigenvalue weighted by Gasteiger charge is -2.39. The van der Waals surface area contributed by atoms with Crippen LogP contribution in [0.3, 0.4) is 0 Å². The molecule has 1 atom stereocenters. The van der Waals surface area contributed by atoms with Gasteiger partial charge in [0.25, 0.3) is 5.91 Å². The molecule has 1 aliphatic heterocycles. The number of amides is 1. The summed E-state index contributed by atoms with van der Waals surface area (Å²) in [5, 5.41) is 0.583. The summed E-state index contributed by atoms with van der Waals surface area (Å²) in [6.07, 6.45) is 0. The Balaban J connectivity index is 1.81. The molecule has 1 amide bonds. The van der Waals surface area contributed by atoms with E-state index in [0.29, 0.717) is 23.7 Å². The molecule has 3 rings (SSSR count). The van der Waals surface area contributed by atoms with E-state index in [4.69, 9.17) is 16.3 Å². The molecule has 4 nitrogen and oxygen atoms in total. The Hall–Kier alpha value is -2.04. The third kappa shape index (κ3) is 3.55. The number of nitrogens with zero attached hydrogens (tertiary/aromatic N) is 2. The summed E-state index contributed by atoms with van der Waals surface area (Å²) in [5.41, 5.74) is 1.79. The van der Waals surface area contributed by atoms with Gasteiger partial charge >= 0.3 is 0 Å². The number of ether oxygens (including phenoxy) is 1. The fourth-order valence-corrected chi connectivity index (χ4v) is 3.26. The van der Waals surface area contributed by atoms with Crippen molar-refractivity contribution in [1.29, 1.82) is 0 Å². The van der Waals surface area contributed by atoms with Crippen LogP contribution in [0.1, 0.15) is 22.0 Å². The Kier molecular flexibility index (Phi) is 5.07. The molecular weight excluding hydrogens is 324 g/mol. The zero-order chi connectivity index (χ0) is 17.1. The highest BCUT2D eigenvalue weighted by Crippen LogP contribution is 2.27. The largest absolute Gasteiger partial charge is 0.497 e. The van der Waals surface area contributed by atoms with Crippen LogP contribution in [0.2, 0.25) is 5.02 Å². The van der Waals surface area contributed by atoms with Crippen molar-refractivity contribution in [2.75, 3.05) is 33.8 Å². The summed E-state index contributed by atoms with van der Waals surface area (Å²) in [4.78, 5) is 17.0. The van der Waals surface area contributed by atoms with Gasteiger partial charge in [0.1, 0.15) is 5.75 Å². The van der Waals surface area contributed by atoms with Crippen molar-refractivity contribution >= 4 is 17.5 Å². The number of carbonyl (C=O) groups excluding carboxylic acids is 1. The minimum atomic E-state index is 0.0264. The maximum Gasteiger partial charge on any atom is 0.254 e. The van der Waals surface area contributed by atoms with Gasteiger partial charge in [-0.3, -0.25) is 9.69 Å². The first kappa shape index (κ1) is 16.8. The lowest BCUT2D eigenvalue weighted by Crippen LogP contribution is -2.49. The first-order valence-electron chi connectivity index (χ1n) is 7.97. The molecule has 1 heterocycles. The number of carbonyl (C=O) groups is 1. The number of hydrogen-bond donors (Lipinski definition) is 0. The molecule has 1 fully saturated rings. The molecule has 0 N–H and O–H groups in total. The minimum Gasteiger partial charge on any atom is -0.497 e. The highest BCUT2D eigenvalue weighted by atomic mass is 35.5. The van der Waals surface area contributed by atoms with Crippen molar-refractivity contribution < 1.29 is 9.53 Å². The fraction of sp³-hybridized carbons (Fsp3) is 0.316. The van der Waals surface area contributed by atoms with Gasteiger partial charge in [0.05, 0.1) is 13.2 Å². The monoisotopic (exact) mass is 344 g/mol. The molecule has 1 saturated heterocycles. The molecule has 1 unspecified atom stereocenters. The Morgan fingerprint density at radius 2 is 1.96 bits per heavy atom. The fourth-order valence-electron chi connectivity index (χ4n) is 3.07. The Morgan fingerprint density at radius 3 is 2.71 bits per heavy atom. The minimum absolute atomic E-state index is 0.0264. The quantitative estimate of drug-likeness (QED) is 0.854. The zero-order valence-corrected chi connectivity index (χ0v) is 14.7. The van der Waals surface area contributed by atoms with E-state index < -0.39 is 0 Å². The first-order chi connectivity index (χ1) is 11.6. The summed E-state index contributed by atoms with van der Waals surface area (Å²) in [6.45, 7) is 2.19. The van der Waals surface area contributed by atoms with Crippen molar-refractivity contribution in [3.05, 3.63) is 64.7 Å². The third-order valence-corrected chi connectivity index (χ3v) is 4.72. The zero-order valence-electron chi connectivity index (χ0n) is 13.9. The molecule has 2 aromatic rings. The molecule has 24 heavy (non-hydrogen) atoms. The van der Waals surface area contributed by atoms with Gasteiger partial charge in [-0.1, -0.05) is 29.8 Å². The molecule has 0 spiro atoms. The number of likely N-dealkylation sites (N-methyl/N-ethyl adjacent to an activating group) is 1. The molecule has 0 aromatic heterocycles. The van der Waals surface area contributed by atoms with Crippen LogP contribution in [0.4, 0.5) is 0 Å². The van der Waals surface area contributed by atoms with Crippen LogP contribution < -0.4 is 4.74 Å². The van der Waals surface area contributed by atoms with E-state index in [1.165, 1.54) is 0 Å². The van der Waals surface area contributed by atoms with Gasteiger partial charge in [-0.15, -0.1) is 0 Å². The van der Waals surface area contributed by atoms with Crippen molar-refractivity contribution in [3.8, 4) is 5.75 Å². The molecule has 0 saturated carbocycles. The van der Waals surface area contributed by atoms with Gasteiger partial charge in [0.15, 0.2) is 0 Å². The summed E-state index contributed by atoms with van der Waals surface area (Å²) in [5.74, 6) is 0.859. The number of hydrogen-bond acceptors (Lipinski definition) is 3. The third-order valence-electron chi connectivity index (χ3n) is 4.49. The van der Waals surface area contributed by atoms with Gasteiger partial charge in [-0.05, 0) is 42.9 Å². The van der Waals surface area contributed by atoms with Crippen LogP contribution in [0, 0.1) is 0 Å². The second kappa shape index (κ2) is 7.24. The maximum atomic E-state index is 12.8. The average molecular weight is 345 g/mol. The smallest absolute Gasteiger partial charge is 0.254 e. The van der Waals surface area contributed by atoms with Crippen molar-refractivity contribution in [2.24, 2.45) is 0 Å². The first-order valence-corrected chi connectivity index (χ1v) is 8.35. The van der Waals surface area contributed by atoms with Crippen LogP contribution in [0.25, 0.3) is 0 Å². The van der Waals surface area contributed by atoms with Crippen LogP contribution in [0.15, 0.2) is 48.5 Å². The van der Waals surface area contributed by atoms with E-state index in [0.717, 1.165) is 17.9 Å². The van der Waals surface area contributed by atoms with Crippen molar-refractivity contribution in [1.82, 2.24) is 9.80 Å². The van der Waals surface area contributed by atoms with E-state index in [-0.39, 0.29) is 11.9 Å². The van der Waals surface area contributed by atoms with E-state index in [1.807, 2.05) is 35.2 Å². The average Bonchev–Trinajstić information content (AvgIpc) is 2.61. The summed E-state index contributed by atoms with van der Waals surface area (Å²) in [6, 6.07) is 15.3. The SMILES string of the molecule is COc1cccc(C2CN(C(=O)c3cccc(Cl)c3)CCN2C)c1. The highest BCUT2D eigenvalue weighted by Gasteiger charge is 2.29. The summed E-state index contributed by atoms with van der Waals surface area (Å²) in [7, 11) is 3.75. The predicted octanol–water partition coefficient (Wildman–Crippen LogP) is 3.48. The van der Waals surface area contributed by atoms with E-state index in [1.54, 1.807) is 19.2 Å². The van der Waals surface area contributed by atoms with E-state index in [2.05, 4.69) is 18.0 Å². The Labute approximate surface area is 147 Å². The lowest BCUT2D eigenvalue weighted by atomic mass is 10.0. The standard InChI is InChI=1S/C19H21ClN2O2/c1-21-9-10-22(19(23)15-6-3-7-16(20)11-15)13-18(21)14-5-4-8-17(12-14)24-2/h3-8,11-12,18H,9-10,13H2,1-2H3.